The van der Waals surface area contributed by atoms with Gasteiger partial charge in [-0.25, -0.2) is 4.79 Å². The van der Waals surface area contributed by atoms with Crippen LogP contribution >= 0.6 is 0 Å². The Morgan fingerprint density at radius 1 is 1.11 bits per heavy atom. The van der Waals surface area contributed by atoms with Gasteiger partial charge < -0.3 is 18.9 Å². The third-order valence-corrected chi connectivity index (χ3v) is 5.18. The van der Waals surface area contributed by atoms with Crippen LogP contribution in [0.25, 0.3) is 0 Å². The number of amides is 3. The van der Waals surface area contributed by atoms with Gasteiger partial charge >= 0.3 is 6.03 Å². The SMILES string of the molecule is Cc1cc(C(=O)CN2C(=O)CN(C)C2=O)c(C)n1Cc1ccc2c(c1)OCO2. The average molecular weight is 383 g/mol. The van der Waals surface area contributed by atoms with Gasteiger partial charge in [-0.2, -0.15) is 0 Å². The van der Waals surface area contributed by atoms with E-state index in [4.69, 9.17) is 9.47 Å². The fourth-order valence-electron chi connectivity index (χ4n) is 3.60. The van der Waals surface area contributed by atoms with Gasteiger partial charge in [0.25, 0.3) is 5.91 Å². The van der Waals surface area contributed by atoms with Gasteiger partial charge in [0, 0.05) is 30.5 Å². The van der Waals surface area contributed by atoms with E-state index in [1.807, 2.05) is 36.6 Å². The molecule has 1 aromatic carbocycles. The van der Waals surface area contributed by atoms with Crippen molar-refractivity contribution in [3.63, 3.8) is 0 Å². The molecule has 8 nitrogen and oxygen atoms in total. The van der Waals surface area contributed by atoms with Crippen molar-refractivity contribution < 1.29 is 23.9 Å². The Labute approximate surface area is 162 Å². The normalized spacial score (nSPS) is 15.7. The molecule has 3 heterocycles. The number of carbonyl (C=O) groups is 3. The number of urea groups is 1. The van der Waals surface area contributed by atoms with Gasteiger partial charge in [-0.1, -0.05) is 6.07 Å². The van der Waals surface area contributed by atoms with Gasteiger partial charge in [-0.3, -0.25) is 14.5 Å². The maximum atomic E-state index is 12.8. The number of Topliss-reactive ketones (excluding diaryl/α,β-unsaturated/α-hetero) is 1. The molecule has 1 fully saturated rings. The lowest BCUT2D eigenvalue weighted by atomic mass is 10.1. The largest absolute Gasteiger partial charge is 0.454 e. The first kappa shape index (κ1) is 18.1. The van der Waals surface area contributed by atoms with Gasteiger partial charge in [-0.15, -0.1) is 0 Å². The lowest BCUT2D eigenvalue weighted by Crippen LogP contribution is -2.36. The highest BCUT2D eigenvalue weighted by molar-refractivity contribution is 6.08. The van der Waals surface area contributed by atoms with Crippen LogP contribution in [0.5, 0.6) is 11.5 Å². The van der Waals surface area contributed by atoms with Gasteiger partial charge in [0.05, 0.1) is 6.54 Å². The third kappa shape index (κ3) is 3.00. The van der Waals surface area contributed by atoms with Gasteiger partial charge in [0.1, 0.15) is 6.54 Å². The van der Waals surface area contributed by atoms with Crippen LogP contribution < -0.4 is 9.47 Å². The summed E-state index contributed by atoms with van der Waals surface area (Å²) >= 11 is 0. The average Bonchev–Trinajstić information content (AvgIpc) is 3.30. The summed E-state index contributed by atoms with van der Waals surface area (Å²) in [4.78, 5) is 39.0. The van der Waals surface area contributed by atoms with Crippen LogP contribution in [0.15, 0.2) is 24.3 Å². The summed E-state index contributed by atoms with van der Waals surface area (Å²) in [6.45, 7) is 4.36. The third-order valence-electron chi connectivity index (χ3n) is 5.18. The fourth-order valence-corrected chi connectivity index (χ4v) is 3.60. The standard InChI is InChI=1S/C20H21N3O5/c1-12-6-15(16(24)9-23-19(25)10-21(3)20(23)26)13(2)22(12)8-14-4-5-17-18(7-14)28-11-27-17/h4-7H,8-11H2,1-3H3. The number of carbonyl (C=O) groups excluding carboxylic acids is 3. The molecular weight excluding hydrogens is 362 g/mol. The van der Waals surface area contributed by atoms with E-state index >= 15 is 0 Å². The molecule has 0 saturated carbocycles. The number of aromatic nitrogens is 1. The number of ketones is 1. The summed E-state index contributed by atoms with van der Waals surface area (Å²) in [7, 11) is 1.54. The first-order valence-electron chi connectivity index (χ1n) is 8.99. The Bertz CT molecular complexity index is 994. The molecule has 4 rings (SSSR count). The Kier molecular flexibility index (Phi) is 4.33. The smallest absolute Gasteiger partial charge is 0.327 e. The zero-order valence-electron chi connectivity index (χ0n) is 16.0. The fraction of sp³-hybridized carbons (Fsp3) is 0.350. The molecule has 0 unspecified atom stereocenters. The van der Waals surface area contributed by atoms with Crippen molar-refractivity contribution in [3.05, 3.63) is 46.8 Å². The molecule has 0 radical (unpaired) electrons. The molecule has 3 amide bonds. The Balaban J connectivity index is 1.55. The van der Waals surface area contributed by atoms with Crippen molar-refractivity contribution in [2.75, 3.05) is 26.9 Å². The predicted octanol–water partition coefficient (Wildman–Crippen LogP) is 1.96. The summed E-state index contributed by atoms with van der Waals surface area (Å²) in [6.07, 6.45) is 0. The minimum atomic E-state index is -0.437. The van der Waals surface area contributed by atoms with Crippen molar-refractivity contribution in [3.8, 4) is 11.5 Å². The Hall–Kier alpha value is -3.29. The summed E-state index contributed by atoms with van der Waals surface area (Å²) in [5.41, 5.74) is 3.27. The zero-order chi connectivity index (χ0) is 20.0. The van der Waals surface area contributed by atoms with Crippen LogP contribution in [0.3, 0.4) is 0 Å². The monoisotopic (exact) mass is 383 g/mol. The number of benzene rings is 1. The van der Waals surface area contributed by atoms with Crippen molar-refractivity contribution in [2.24, 2.45) is 0 Å². The van der Waals surface area contributed by atoms with Crippen molar-refractivity contribution in [1.82, 2.24) is 14.4 Å². The van der Waals surface area contributed by atoms with E-state index in [9.17, 15) is 14.4 Å². The lowest BCUT2D eigenvalue weighted by molar-refractivity contribution is -0.125. The van der Waals surface area contributed by atoms with E-state index in [0.717, 1.165) is 27.6 Å². The van der Waals surface area contributed by atoms with Crippen LogP contribution in [0, 0.1) is 13.8 Å². The van der Waals surface area contributed by atoms with E-state index in [0.29, 0.717) is 17.9 Å². The van der Waals surface area contributed by atoms with Crippen LogP contribution in [-0.2, 0) is 11.3 Å². The summed E-state index contributed by atoms with van der Waals surface area (Å²) < 4.78 is 12.8. The number of ether oxygens (including phenoxy) is 2. The van der Waals surface area contributed by atoms with E-state index in [1.165, 1.54) is 4.90 Å². The second-order valence-electron chi connectivity index (χ2n) is 7.10. The summed E-state index contributed by atoms with van der Waals surface area (Å²) in [6, 6.07) is 7.14. The van der Waals surface area contributed by atoms with Crippen LogP contribution in [0.4, 0.5) is 4.79 Å². The number of imide groups is 1. The quantitative estimate of drug-likeness (QED) is 0.582. The summed E-state index contributed by atoms with van der Waals surface area (Å²) in [5.74, 6) is 0.842. The van der Waals surface area contributed by atoms with E-state index in [1.54, 1.807) is 13.1 Å². The molecule has 2 aromatic rings. The summed E-state index contributed by atoms with van der Waals surface area (Å²) in [5, 5.41) is 0. The second kappa shape index (κ2) is 6.70. The maximum absolute atomic E-state index is 12.8. The van der Waals surface area contributed by atoms with Crippen LogP contribution in [-0.4, -0.2) is 59.0 Å². The number of rotatable bonds is 5. The van der Waals surface area contributed by atoms with Crippen molar-refractivity contribution in [1.29, 1.82) is 0 Å². The molecular formula is C20H21N3O5. The molecule has 0 spiro atoms. The van der Waals surface area contributed by atoms with E-state index < -0.39 is 6.03 Å². The number of hydrogen-bond donors (Lipinski definition) is 0. The Morgan fingerprint density at radius 2 is 1.86 bits per heavy atom. The van der Waals surface area contributed by atoms with Gasteiger partial charge in [0.2, 0.25) is 6.79 Å². The molecule has 28 heavy (non-hydrogen) atoms. The van der Waals surface area contributed by atoms with E-state index in [2.05, 4.69) is 0 Å². The molecule has 1 aromatic heterocycles. The predicted molar refractivity (Wildman–Crippen MR) is 99.6 cm³/mol. The Morgan fingerprint density at radius 3 is 2.57 bits per heavy atom. The van der Waals surface area contributed by atoms with Crippen molar-refractivity contribution in [2.45, 2.75) is 20.4 Å². The molecule has 0 N–H and O–H groups in total. The zero-order valence-corrected chi connectivity index (χ0v) is 16.0. The highest BCUT2D eigenvalue weighted by Gasteiger charge is 2.35. The van der Waals surface area contributed by atoms with Gasteiger partial charge in [-0.05, 0) is 37.6 Å². The second-order valence-corrected chi connectivity index (χ2v) is 7.10. The van der Waals surface area contributed by atoms with Crippen LogP contribution in [0.1, 0.15) is 27.3 Å². The number of fused-ring (bicyclic) bond motifs is 1. The molecule has 2 aliphatic rings. The minimum Gasteiger partial charge on any atom is -0.454 e. The molecule has 8 heteroatoms. The number of nitrogens with zero attached hydrogens (tertiary/aromatic N) is 3. The number of hydrogen-bond acceptors (Lipinski definition) is 5. The molecule has 0 bridgehead atoms. The maximum Gasteiger partial charge on any atom is 0.327 e. The number of likely N-dealkylation sites (N-methyl/N-ethyl adjacent to an activating group) is 1. The number of aryl methyl sites for hydroxylation is 1. The van der Waals surface area contributed by atoms with Crippen LogP contribution in [0.2, 0.25) is 0 Å². The highest BCUT2D eigenvalue weighted by atomic mass is 16.7. The molecule has 0 atom stereocenters. The van der Waals surface area contributed by atoms with Gasteiger partial charge in [0.15, 0.2) is 17.3 Å². The molecule has 146 valence electrons. The topological polar surface area (TPSA) is 81.1 Å². The minimum absolute atomic E-state index is 0.00918. The first-order valence-corrected chi connectivity index (χ1v) is 8.99. The highest BCUT2D eigenvalue weighted by Crippen LogP contribution is 2.33. The van der Waals surface area contributed by atoms with E-state index in [-0.39, 0.29) is 31.6 Å². The molecule has 0 aliphatic carbocycles. The lowest BCUT2D eigenvalue weighted by Gasteiger charge is -2.14. The molecule has 1 saturated heterocycles. The van der Waals surface area contributed by atoms with Crippen molar-refractivity contribution >= 4 is 17.7 Å². The molecule has 2 aliphatic heterocycles. The first-order chi connectivity index (χ1) is 13.3.